The number of aliphatic hydroxyl groups is 1. The number of nitrogens with one attached hydrogen (secondary N) is 1. The zero-order valence-electron chi connectivity index (χ0n) is 10.4. The summed E-state index contributed by atoms with van der Waals surface area (Å²) in [5.41, 5.74) is 6.41. The Bertz CT molecular complexity index is 502. The third-order valence-corrected chi connectivity index (χ3v) is 3.51. The first-order valence-electron chi connectivity index (χ1n) is 5.35. The molecule has 6 nitrogen and oxygen atoms in total. The standard InChI is InChI=1S/C11H18N2O4S/c1-17-7-8(14)6-13-9-4-3-5-10(11(9)12)18(2,15)16/h3-5,8,13-14H,6-7,12H2,1-2H3. The van der Waals surface area contributed by atoms with Gasteiger partial charge in [0.05, 0.1) is 29.0 Å². The second-order valence-electron chi connectivity index (χ2n) is 3.98. The Morgan fingerprint density at radius 3 is 2.72 bits per heavy atom. The zero-order valence-corrected chi connectivity index (χ0v) is 11.2. The van der Waals surface area contributed by atoms with E-state index in [1.807, 2.05) is 0 Å². The summed E-state index contributed by atoms with van der Waals surface area (Å²) >= 11 is 0. The van der Waals surface area contributed by atoms with E-state index in [9.17, 15) is 13.5 Å². The molecular formula is C11H18N2O4S. The van der Waals surface area contributed by atoms with Gasteiger partial charge in [-0.25, -0.2) is 8.42 Å². The highest BCUT2D eigenvalue weighted by atomic mass is 32.2. The summed E-state index contributed by atoms with van der Waals surface area (Å²) in [6.45, 7) is 0.421. The quantitative estimate of drug-likeness (QED) is 0.636. The molecule has 1 atom stereocenters. The molecule has 0 aliphatic carbocycles. The molecular weight excluding hydrogens is 256 g/mol. The molecule has 1 unspecified atom stereocenters. The Labute approximate surface area is 107 Å². The Morgan fingerprint density at radius 2 is 2.17 bits per heavy atom. The van der Waals surface area contributed by atoms with E-state index >= 15 is 0 Å². The fraction of sp³-hybridized carbons (Fsp3) is 0.455. The van der Waals surface area contributed by atoms with Crippen LogP contribution in [0.15, 0.2) is 23.1 Å². The summed E-state index contributed by atoms with van der Waals surface area (Å²) < 4.78 is 27.7. The van der Waals surface area contributed by atoms with Crippen LogP contribution in [0.2, 0.25) is 0 Å². The lowest BCUT2D eigenvalue weighted by Gasteiger charge is -2.14. The summed E-state index contributed by atoms with van der Waals surface area (Å²) in [5, 5.41) is 12.4. The first-order valence-corrected chi connectivity index (χ1v) is 7.24. The second-order valence-corrected chi connectivity index (χ2v) is 5.96. The van der Waals surface area contributed by atoms with Crippen LogP contribution in [-0.2, 0) is 14.6 Å². The van der Waals surface area contributed by atoms with Gasteiger partial charge >= 0.3 is 0 Å². The summed E-state index contributed by atoms with van der Waals surface area (Å²) in [6, 6.07) is 4.70. The van der Waals surface area contributed by atoms with Gasteiger partial charge in [0, 0.05) is 19.9 Å². The molecule has 102 valence electrons. The van der Waals surface area contributed by atoms with Crippen molar-refractivity contribution in [2.45, 2.75) is 11.0 Å². The maximum atomic E-state index is 11.5. The van der Waals surface area contributed by atoms with Gasteiger partial charge in [0.25, 0.3) is 0 Å². The molecule has 0 fully saturated rings. The number of nitrogen functional groups attached to an aromatic ring is 1. The Morgan fingerprint density at radius 1 is 1.50 bits per heavy atom. The van der Waals surface area contributed by atoms with E-state index in [4.69, 9.17) is 10.5 Å². The molecule has 0 saturated carbocycles. The van der Waals surface area contributed by atoms with E-state index in [0.29, 0.717) is 5.69 Å². The number of aliphatic hydroxyl groups excluding tert-OH is 1. The van der Waals surface area contributed by atoms with Gasteiger partial charge in [-0.05, 0) is 12.1 Å². The number of sulfone groups is 1. The Balaban J connectivity index is 2.85. The lowest BCUT2D eigenvalue weighted by Crippen LogP contribution is -2.24. The molecule has 0 radical (unpaired) electrons. The van der Waals surface area contributed by atoms with Crippen molar-refractivity contribution in [1.29, 1.82) is 0 Å². The molecule has 0 saturated heterocycles. The highest BCUT2D eigenvalue weighted by Gasteiger charge is 2.14. The van der Waals surface area contributed by atoms with Crippen molar-refractivity contribution in [3.8, 4) is 0 Å². The van der Waals surface area contributed by atoms with Crippen LogP contribution < -0.4 is 11.1 Å². The largest absolute Gasteiger partial charge is 0.396 e. The van der Waals surface area contributed by atoms with Gasteiger partial charge in [-0.1, -0.05) is 6.07 Å². The van der Waals surface area contributed by atoms with E-state index in [-0.39, 0.29) is 23.7 Å². The molecule has 0 amide bonds. The maximum absolute atomic E-state index is 11.5. The third-order valence-electron chi connectivity index (χ3n) is 2.35. The van der Waals surface area contributed by atoms with Crippen LogP contribution in [0.4, 0.5) is 11.4 Å². The van der Waals surface area contributed by atoms with Gasteiger partial charge in [0.15, 0.2) is 9.84 Å². The number of anilines is 2. The highest BCUT2D eigenvalue weighted by molar-refractivity contribution is 7.90. The van der Waals surface area contributed by atoms with E-state index in [1.54, 1.807) is 12.1 Å². The summed E-state index contributed by atoms with van der Waals surface area (Å²) in [5.74, 6) is 0. The first-order chi connectivity index (χ1) is 8.36. The number of hydrogen-bond acceptors (Lipinski definition) is 6. The molecule has 4 N–H and O–H groups in total. The molecule has 0 bridgehead atoms. The molecule has 1 aromatic rings. The number of methoxy groups -OCH3 is 1. The topological polar surface area (TPSA) is 102 Å². The van der Waals surface area contributed by atoms with Gasteiger partial charge < -0.3 is 20.9 Å². The molecule has 0 heterocycles. The minimum atomic E-state index is -3.36. The third kappa shape index (κ3) is 3.86. The van der Waals surface area contributed by atoms with Crippen molar-refractivity contribution in [2.24, 2.45) is 0 Å². The van der Waals surface area contributed by atoms with Crippen LogP contribution in [0.3, 0.4) is 0 Å². The van der Waals surface area contributed by atoms with Crippen LogP contribution in [0.5, 0.6) is 0 Å². The number of para-hydroxylation sites is 1. The molecule has 0 aliphatic rings. The molecule has 7 heteroatoms. The average molecular weight is 274 g/mol. The maximum Gasteiger partial charge on any atom is 0.177 e. The van der Waals surface area contributed by atoms with Crippen LogP contribution in [0, 0.1) is 0 Å². The van der Waals surface area contributed by atoms with Crippen LogP contribution in [-0.4, -0.2) is 46.1 Å². The minimum Gasteiger partial charge on any atom is -0.396 e. The molecule has 18 heavy (non-hydrogen) atoms. The number of rotatable bonds is 6. The van der Waals surface area contributed by atoms with Gasteiger partial charge in [0.1, 0.15) is 0 Å². The van der Waals surface area contributed by atoms with E-state index in [1.165, 1.54) is 13.2 Å². The lowest BCUT2D eigenvalue weighted by molar-refractivity contribution is 0.0728. The summed E-state index contributed by atoms with van der Waals surface area (Å²) in [7, 11) is -1.87. The highest BCUT2D eigenvalue weighted by Crippen LogP contribution is 2.26. The van der Waals surface area contributed by atoms with Crippen molar-refractivity contribution < 1.29 is 18.3 Å². The summed E-state index contributed by atoms with van der Waals surface area (Å²) in [6.07, 6.45) is 0.415. The van der Waals surface area contributed by atoms with Crippen LogP contribution in [0.25, 0.3) is 0 Å². The Hall–Kier alpha value is -1.31. The smallest absolute Gasteiger partial charge is 0.177 e. The Kier molecular flexibility index (Phi) is 4.94. The number of nitrogens with two attached hydrogens (primary N) is 1. The number of ether oxygens (including phenoxy) is 1. The van der Waals surface area contributed by atoms with Gasteiger partial charge in [0.2, 0.25) is 0 Å². The average Bonchev–Trinajstić information content (AvgIpc) is 2.26. The lowest BCUT2D eigenvalue weighted by atomic mass is 10.2. The molecule has 0 aliphatic heterocycles. The predicted octanol–water partition coefficient (Wildman–Crippen LogP) is 0.0915. The van der Waals surface area contributed by atoms with Crippen LogP contribution >= 0.6 is 0 Å². The van der Waals surface area contributed by atoms with Gasteiger partial charge in [-0.3, -0.25) is 0 Å². The second kappa shape index (κ2) is 6.03. The SMILES string of the molecule is COCC(O)CNc1cccc(S(C)(=O)=O)c1N. The fourth-order valence-corrected chi connectivity index (χ4v) is 2.34. The van der Waals surface area contributed by atoms with Gasteiger partial charge in [-0.15, -0.1) is 0 Å². The van der Waals surface area contributed by atoms with E-state index in [0.717, 1.165) is 6.26 Å². The van der Waals surface area contributed by atoms with Gasteiger partial charge in [-0.2, -0.15) is 0 Å². The molecule has 0 aromatic heterocycles. The number of benzene rings is 1. The molecule has 0 spiro atoms. The van der Waals surface area contributed by atoms with Crippen LogP contribution in [0.1, 0.15) is 0 Å². The van der Waals surface area contributed by atoms with Crippen molar-refractivity contribution in [2.75, 3.05) is 37.6 Å². The number of hydrogen-bond donors (Lipinski definition) is 3. The summed E-state index contributed by atoms with van der Waals surface area (Å²) in [4.78, 5) is 0.0775. The van der Waals surface area contributed by atoms with E-state index < -0.39 is 15.9 Å². The molecule has 1 aromatic carbocycles. The van der Waals surface area contributed by atoms with Crippen molar-refractivity contribution >= 4 is 21.2 Å². The normalized spacial score (nSPS) is 13.3. The predicted molar refractivity (Wildman–Crippen MR) is 70.3 cm³/mol. The van der Waals surface area contributed by atoms with Crippen molar-refractivity contribution in [3.05, 3.63) is 18.2 Å². The zero-order chi connectivity index (χ0) is 13.8. The van der Waals surface area contributed by atoms with Crippen molar-refractivity contribution in [3.63, 3.8) is 0 Å². The first kappa shape index (κ1) is 14.7. The monoisotopic (exact) mass is 274 g/mol. The molecule has 1 rings (SSSR count). The fourth-order valence-electron chi connectivity index (χ4n) is 1.50. The minimum absolute atomic E-state index is 0.0775. The van der Waals surface area contributed by atoms with E-state index in [2.05, 4.69) is 5.32 Å². The van der Waals surface area contributed by atoms with Crippen molar-refractivity contribution in [1.82, 2.24) is 0 Å².